The molecule has 68 valence electrons. The van der Waals surface area contributed by atoms with Gasteiger partial charge in [-0.3, -0.25) is 0 Å². The molecular formula is C10H12N2S. The minimum Gasteiger partial charge on any atom is -0.341 e. The standard InChI is InChI=1S/C10H12N2S/c1-3-10-11-6-8(12-10)9-5-4-7(2)13-9/h4-6H,3H2,1-2H3,(H,11,12). The number of hydrogen-bond acceptors (Lipinski definition) is 2. The molecule has 0 atom stereocenters. The molecule has 0 aromatic carbocycles. The molecule has 3 heteroatoms. The van der Waals surface area contributed by atoms with Crippen molar-refractivity contribution in [3.8, 4) is 10.6 Å². The fraction of sp³-hybridized carbons (Fsp3) is 0.300. The minimum atomic E-state index is 0.963. The Balaban J connectivity index is 2.35. The van der Waals surface area contributed by atoms with Crippen LogP contribution in [0.25, 0.3) is 10.6 Å². The van der Waals surface area contributed by atoms with Crippen molar-refractivity contribution in [2.24, 2.45) is 0 Å². The van der Waals surface area contributed by atoms with Crippen molar-refractivity contribution in [1.29, 1.82) is 0 Å². The maximum absolute atomic E-state index is 4.27. The molecule has 2 nitrogen and oxygen atoms in total. The quantitative estimate of drug-likeness (QED) is 0.778. The van der Waals surface area contributed by atoms with E-state index in [1.54, 1.807) is 11.3 Å². The fourth-order valence-corrected chi connectivity index (χ4v) is 2.08. The van der Waals surface area contributed by atoms with E-state index in [0.29, 0.717) is 0 Å². The summed E-state index contributed by atoms with van der Waals surface area (Å²) in [5.41, 5.74) is 1.13. The van der Waals surface area contributed by atoms with Crippen LogP contribution in [0.4, 0.5) is 0 Å². The van der Waals surface area contributed by atoms with Gasteiger partial charge < -0.3 is 4.98 Å². The Bertz CT molecular complexity index is 400. The number of aromatic nitrogens is 2. The summed E-state index contributed by atoms with van der Waals surface area (Å²) in [4.78, 5) is 10.2. The van der Waals surface area contributed by atoms with Gasteiger partial charge in [0.2, 0.25) is 0 Å². The molecule has 0 unspecified atom stereocenters. The van der Waals surface area contributed by atoms with E-state index in [0.717, 1.165) is 17.9 Å². The zero-order valence-electron chi connectivity index (χ0n) is 7.79. The molecule has 0 fully saturated rings. The predicted octanol–water partition coefficient (Wildman–Crippen LogP) is 3.01. The van der Waals surface area contributed by atoms with Gasteiger partial charge in [-0.1, -0.05) is 6.92 Å². The van der Waals surface area contributed by atoms with E-state index in [9.17, 15) is 0 Å². The third-order valence-corrected chi connectivity index (χ3v) is 3.00. The summed E-state index contributed by atoms with van der Waals surface area (Å²) in [7, 11) is 0. The third-order valence-electron chi connectivity index (χ3n) is 1.97. The summed E-state index contributed by atoms with van der Waals surface area (Å²) in [5, 5.41) is 0. The molecule has 0 radical (unpaired) electrons. The first-order valence-corrected chi connectivity index (χ1v) is 5.22. The highest BCUT2D eigenvalue weighted by Gasteiger charge is 2.03. The van der Waals surface area contributed by atoms with Gasteiger partial charge in [0.15, 0.2) is 0 Å². The number of aromatic amines is 1. The fourth-order valence-electron chi connectivity index (χ4n) is 1.25. The molecule has 0 saturated carbocycles. The molecular weight excluding hydrogens is 180 g/mol. The van der Waals surface area contributed by atoms with Gasteiger partial charge in [-0.05, 0) is 19.1 Å². The highest BCUT2D eigenvalue weighted by molar-refractivity contribution is 7.15. The maximum Gasteiger partial charge on any atom is 0.106 e. The van der Waals surface area contributed by atoms with Crippen LogP contribution in [0.3, 0.4) is 0 Å². The lowest BCUT2D eigenvalue weighted by molar-refractivity contribution is 0.991. The molecule has 0 aliphatic carbocycles. The van der Waals surface area contributed by atoms with Crippen molar-refractivity contribution in [2.45, 2.75) is 20.3 Å². The van der Waals surface area contributed by atoms with E-state index in [-0.39, 0.29) is 0 Å². The molecule has 0 aliphatic rings. The molecule has 1 N–H and O–H groups in total. The van der Waals surface area contributed by atoms with Gasteiger partial charge in [0.05, 0.1) is 16.8 Å². The summed E-state index contributed by atoms with van der Waals surface area (Å²) in [6.45, 7) is 4.22. The second-order valence-electron chi connectivity index (χ2n) is 3.01. The van der Waals surface area contributed by atoms with Gasteiger partial charge in [0.1, 0.15) is 5.82 Å². The molecule has 0 bridgehead atoms. The monoisotopic (exact) mass is 192 g/mol. The van der Waals surface area contributed by atoms with Crippen LogP contribution in [-0.4, -0.2) is 9.97 Å². The zero-order valence-corrected chi connectivity index (χ0v) is 8.61. The number of hydrogen-bond donors (Lipinski definition) is 1. The normalized spacial score (nSPS) is 10.6. The Morgan fingerprint density at radius 1 is 1.46 bits per heavy atom. The van der Waals surface area contributed by atoms with Gasteiger partial charge >= 0.3 is 0 Å². The van der Waals surface area contributed by atoms with Crippen LogP contribution in [0.2, 0.25) is 0 Å². The molecule has 0 saturated heterocycles. The summed E-state index contributed by atoms with van der Waals surface area (Å²) in [5.74, 6) is 1.06. The lowest BCUT2D eigenvalue weighted by Gasteiger charge is -1.89. The van der Waals surface area contributed by atoms with E-state index >= 15 is 0 Å². The largest absolute Gasteiger partial charge is 0.341 e. The summed E-state index contributed by atoms with van der Waals surface area (Å²) >= 11 is 1.79. The van der Waals surface area contributed by atoms with Crippen LogP contribution in [0.5, 0.6) is 0 Å². The molecule has 2 aromatic rings. The van der Waals surface area contributed by atoms with E-state index < -0.39 is 0 Å². The number of nitrogens with one attached hydrogen (secondary N) is 1. The highest BCUT2D eigenvalue weighted by atomic mass is 32.1. The second-order valence-corrected chi connectivity index (χ2v) is 4.30. The molecule has 2 heterocycles. The van der Waals surface area contributed by atoms with E-state index in [1.165, 1.54) is 9.75 Å². The van der Waals surface area contributed by atoms with Crippen LogP contribution >= 0.6 is 11.3 Å². The Morgan fingerprint density at radius 3 is 2.85 bits per heavy atom. The van der Waals surface area contributed by atoms with E-state index in [2.05, 4.69) is 35.9 Å². The highest BCUT2D eigenvalue weighted by Crippen LogP contribution is 2.25. The van der Waals surface area contributed by atoms with Crippen LogP contribution in [-0.2, 0) is 6.42 Å². The van der Waals surface area contributed by atoms with Crippen molar-refractivity contribution in [1.82, 2.24) is 9.97 Å². The van der Waals surface area contributed by atoms with Crippen LogP contribution in [0.1, 0.15) is 17.6 Å². The lowest BCUT2D eigenvalue weighted by atomic mass is 10.4. The number of imidazole rings is 1. The molecule has 13 heavy (non-hydrogen) atoms. The smallest absolute Gasteiger partial charge is 0.106 e. The zero-order chi connectivity index (χ0) is 9.26. The van der Waals surface area contributed by atoms with Crippen molar-refractivity contribution >= 4 is 11.3 Å². The molecule has 0 aliphatic heterocycles. The van der Waals surface area contributed by atoms with Gasteiger partial charge in [-0.2, -0.15) is 0 Å². The van der Waals surface area contributed by atoms with E-state index in [1.807, 2.05) is 6.20 Å². The minimum absolute atomic E-state index is 0.963. The van der Waals surface area contributed by atoms with Gasteiger partial charge in [0, 0.05) is 11.3 Å². The van der Waals surface area contributed by atoms with Gasteiger partial charge in [-0.25, -0.2) is 4.98 Å². The lowest BCUT2D eigenvalue weighted by Crippen LogP contribution is -1.80. The maximum atomic E-state index is 4.27. The Labute approximate surface area is 81.7 Å². The number of thiophene rings is 1. The predicted molar refractivity (Wildman–Crippen MR) is 56.0 cm³/mol. The van der Waals surface area contributed by atoms with Gasteiger partial charge in [-0.15, -0.1) is 11.3 Å². The Morgan fingerprint density at radius 2 is 2.31 bits per heavy atom. The molecule has 0 amide bonds. The summed E-state index contributed by atoms with van der Waals surface area (Å²) in [6, 6.07) is 4.26. The average molecular weight is 192 g/mol. The Kier molecular flexibility index (Phi) is 2.19. The van der Waals surface area contributed by atoms with Crippen LogP contribution in [0.15, 0.2) is 18.3 Å². The number of aryl methyl sites for hydroxylation is 2. The van der Waals surface area contributed by atoms with Crippen LogP contribution in [0, 0.1) is 6.92 Å². The first kappa shape index (κ1) is 8.51. The third kappa shape index (κ3) is 1.65. The number of rotatable bonds is 2. The first-order valence-electron chi connectivity index (χ1n) is 4.40. The summed E-state index contributed by atoms with van der Waals surface area (Å²) < 4.78 is 0. The Hall–Kier alpha value is -1.09. The second kappa shape index (κ2) is 3.34. The van der Waals surface area contributed by atoms with Gasteiger partial charge in [0.25, 0.3) is 0 Å². The van der Waals surface area contributed by atoms with Crippen molar-refractivity contribution < 1.29 is 0 Å². The van der Waals surface area contributed by atoms with Crippen molar-refractivity contribution in [3.63, 3.8) is 0 Å². The van der Waals surface area contributed by atoms with Crippen LogP contribution < -0.4 is 0 Å². The number of nitrogens with zero attached hydrogens (tertiary/aromatic N) is 1. The van der Waals surface area contributed by atoms with Crippen molar-refractivity contribution in [2.75, 3.05) is 0 Å². The average Bonchev–Trinajstić information content (AvgIpc) is 2.71. The number of H-pyrrole nitrogens is 1. The SMILES string of the molecule is CCc1ncc(-c2ccc(C)s2)[nH]1. The first-order chi connectivity index (χ1) is 6.29. The molecule has 0 spiro atoms. The molecule has 2 rings (SSSR count). The van der Waals surface area contributed by atoms with E-state index in [4.69, 9.17) is 0 Å². The van der Waals surface area contributed by atoms with Crippen molar-refractivity contribution in [3.05, 3.63) is 29.0 Å². The molecule has 2 aromatic heterocycles. The summed E-state index contributed by atoms with van der Waals surface area (Å²) in [6.07, 6.45) is 2.87. The topological polar surface area (TPSA) is 28.7 Å².